The average molecular weight is 460 g/mol. The van der Waals surface area contributed by atoms with Crippen molar-refractivity contribution in [2.24, 2.45) is 4.99 Å². The zero-order valence-electron chi connectivity index (χ0n) is 17.8. The van der Waals surface area contributed by atoms with Gasteiger partial charge in [0.2, 0.25) is 5.90 Å². The minimum atomic E-state index is -0.590. The smallest absolute Gasteiger partial charge is 0.363 e. The van der Waals surface area contributed by atoms with Crippen LogP contribution in [0.4, 0.5) is 0 Å². The van der Waals surface area contributed by atoms with E-state index in [1.165, 1.54) is 6.08 Å². The van der Waals surface area contributed by atoms with Gasteiger partial charge in [-0.25, -0.2) is 14.6 Å². The number of cyclic esters (lactones) is 1. The zero-order chi connectivity index (χ0) is 23.1. The van der Waals surface area contributed by atoms with Crippen molar-refractivity contribution in [2.45, 2.75) is 13.8 Å². The van der Waals surface area contributed by atoms with Crippen LogP contribution in [-0.2, 0) is 19.1 Å². The molecule has 0 aromatic heterocycles. The number of aliphatic imine (C=N–C) groups is 1. The lowest BCUT2D eigenvalue weighted by atomic mass is 10.1. The summed E-state index contributed by atoms with van der Waals surface area (Å²) in [4.78, 5) is 28.2. The second kappa shape index (κ2) is 10.7. The Morgan fingerprint density at radius 1 is 1.12 bits per heavy atom. The molecule has 0 aliphatic carbocycles. The Bertz CT molecular complexity index is 1060. The molecule has 0 fully saturated rings. The fraction of sp³-hybridized carbons (Fsp3) is 0.261. The highest BCUT2D eigenvalue weighted by molar-refractivity contribution is 6.32. The number of carbonyl (C=O) groups is 2. The fourth-order valence-electron chi connectivity index (χ4n) is 2.83. The van der Waals surface area contributed by atoms with Gasteiger partial charge in [-0.3, -0.25) is 0 Å². The molecular weight excluding hydrogens is 438 g/mol. The summed E-state index contributed by atoms with van der Waals surface area (Å²) in [7, 11) is 1.57. The molecule has 1 aliphatic rings. The lowest BCUT2D eigenvalue weighted by molar-refractivity contribution is -0.145. The Hall–Kier alpha value is -3.52. The number of hydrogen-bond acceptors (Lipinski definition) is 8. The Kier molecular flexibility index (Phi) is 7.72. The summed E-state index contributed by atoms with van der Waals surface area (Å²) in [6.07, 6.45) is 1.53. The Labute approximate surface area is 190 Å². The second-order valence-electron chi connectivity index (χ2n) is 6.42. The van der Waals surface area contributed by atoms with Crippen molar-refractivity contribution in [3.8, 4) is 17.2 Å². The van der Waals surface area contributed by atoms with Crippen LogP contribution in [0.2, 0.25) is 5.02 Å². The third-order valence-electron chi connectivity index (χ3n) is 4.23. The van der Waals surface area contributed by atoms with Gasteiger partial charge in [0.25, 0.3) is 0 Å². The number of carbonyl (C=O) groups excluding carboxylic acids is 2. The normalized spacial score (nSPS) is 14.1. The molecule has 0 unspecified atom stereocenters. The van der Waals surface area contributed by atoms with Crippen LogP contribution >= 0.6 is 11.6 Å². The number of nitrogens with zero attached hydrogens (tertiary/aromatic N) is 1. The molecule has 0 saturated carbocycles. The third kappa shape index (κ3) is 5.59. The molecule has 1 aliphatic heterocycles. The highest BCUT2D eigenvalue weighted by atomic mass is 35.5. The first-order valence-electron chi connectivity index (χ1n) is 9.86. The molecule has 2 aromatic rings. The standard InChI is InChI=1S/C23H22ClNO7/c1-4-29-19-12-14(10-17(24)21(19)31-13-20(26)30-5-2)11-18-23(27)32-22(25-18)15-6-8-16(28-3)9-7-15/h6-12H,4-5,13H2,1-3H3/b18-11+. The summed E-state index contributed by atoms with van der Waals surface area (Å²) in [6, 6.07) is 10.2. The molecule has 1 heterocycles. The summed E-state index contributed by atoms with van der Waals surface area (Å²) in [5, 5.41) is 0.206. The molecule has 8 nitrogen and oxygen atoms in total. The molecule has 32 heavy (non-hydrogen) atoms. The van der Waals surface area contributed by atoms with E-state index in [9.17, 15) is 9.59 Å². The van der Waals surface area contributed by atoms with E-state index in [-0.39, 0.29) is 35.6 Å². The van der Waals surface area contributed by atoms with Crippen LogP contribution in [0.25, 0.3) is 6.08 Å². The van der Waals surface area contributed by atoms with Crippen LogP contribution in [0.1, 0.15) is 25.0 Å². The van der Waals surface area contributed by atoms with Gasteiger partial charge in [-0.15, -0.1) is 0 Å². The van der Waals surface area contributed by atoms with E-state index in [4.69, 9.17) is 35.3 Å². The summed E-state index contributed by atoms with van der Waals surface area (Å²) in [5.41, 5.74) is 1.29. The first-order valence-corrected chi connectivity index (χ1v) is 10.2. The minimum Gasteiger partial charge on any atom is -0.497 e. The number of ether oxygens (including phenoxy) is 5. The summed E-state index contributed by atoms with van der Waals surface area (Å²) < 4.78 is 26.4. The van der Waals surface area contributed by atoms with Crippen molar-refractivity contribution >= 4 is 35.5 Å². The fourth-order valence-corrected chi connectivity index (χ4v) is 3.11. The molecule has 0 N–H and O–H groups in total. The maximum absolute atomic E-state index is 12.3. The van der Waals surface area contributed by atoms with Gasteiger partial charge in [-0.2, -0.15) is 0 Å². The summed E-state index contributed by atoms with van der Waals surface area (Å²) in [5.74, 6) is 0.285. The summed E-state index contributed by atoms with van der Waals surface area (Å²) in [6.45, 7) is 3.78. The van der Waals surface area contributed by atoms with Crippen LogP contribution in [0.15, 0.2) is 47.1 Å². The van der Waals surface area contributed by atoms with Crippen LogP contribution in [0.5, 0.6) is 17.2 Å². The van der Waals surface area contributed by atoms with Gasteiger partial charge in [0, 0.05) is 5.56 Å². The Balaban J connectivity index is 1.87. The molecule has 0 atom stereocenters. The number of benzene rings is 2. The van der Waals surface area contributed by atoms with Gasteiger partial charge in [-0.05, 0) is 61.9 Å². The molecule has 0 radical (unpaired) electrons. The van der Waals surface area contributed by atoms with Crippen molar-refractivity contribution in [2.75, 3.05) is 26.9 Å². The average Bonchev–Trinajstić information content (AvgIpc) is 3.13. The highest BCUT2D eigenvalue weighted by Crippen LogP contribution is 2.37. The molecular formula is C23H22ClNO7. The molecule has 2 aromatic carbocycles. The van der Waals surface area contributed by atoms with Crippen molar-refractivity contribution < 1.29 is 33.3 Å². The van der Waals surface area contributed by atoms with Crippen LogP contribution in [-0.4, -0.2) is 44.8 Å². The van der Waals surface area contributed by atoms with Gasteiger partial charge in [0.15, 0.2) is 23.8 Å². The molecule has 0 amide bonds. The molecule has 3 rings (SSSR count). The van der Waals surface area contributed by atoms with Gasteiger partial charge in [0.1, 0.15) is 5.75 Å². The highest BCUT2D eigenvalue weighted by Gasteiger charge is 2.24. The molecule has 0 spiro atoms. The van der Waals surface area contributed by atoms with Gasteiger partial charge < -0.3 is 23.7 Å². The topological polar surface area (TPSA) is 92.7 Å². The largest absolute Gasteiger partial charge is 0.497 e. The van der Waals surface area contributed by atoms with E-state index >= 15 is 0 Å². The summed E-state index contributed by atoms with van der Waals surface area (Å²) >= 11 is 6.36. The lowest BCUT2D eigenvalue weighted by Gasteiger charge is -2.14. The minimum absolute atomic E-state index is 0.106. The number of methoxy groups -OCH3 is 1. The first kappa shape index (κ1) is 23.1. The first-order chi connectivity index (χ1) is 15.4. The maximum atomic E-state index is 12.3. The number of esters is 2. The van der Waals surface area contributed by atoms with Crippen molar-refractivity contribution in [1.29, 1.82) is 0 Å². The van der Waals surface area contributed by atoms with Crippen molar-refractivity contribution in [3.05, 3.63) is 58.2 Å². The molecule has 9 heteroatoms. The predicted molar refractivity (Wildman–Crippen MR) is 118 cm³/mol. The van der Waals surface area contributed by atoms with Crippen LogP contribution in [0.3, 0.4) is 0 Å². The van der Waals surface area contributed by atoms with E-state index < -0.39 is 11.9 Å². The monoisotopic (exact) mass is 459 g/mol. The van der Waals surface area contributed by atoms with E-state index in [2.05, 4.69) is 4.99 Å². The predicted octanol–water partition coefficient (Wildman–Crippen LogP) is 4.03. The molecule has 168 valence electrons. The zero-order valence-corrected chi connectivity index (χ0v) is 18.6. The number of hydrogen-bond donors (Lipinski definition) is 0. The van der Waals surface area contributed by atoms with Gasteiger partial charge in [-0.1, -0.05) is 11.6 Å². The van der Waals surface area contributed by atoms with E-state index in [0.717, 1.165) is 0 Å². The quantitative estimate of drug-likeness (QED) is 0.412. The number of halogens is 1. The van der Waals surface area contributed by atoms with E-state index in [1.54, 1.807) is 57.4 Å². The van der Waals surface area contributed by atoms with Gasteiger partial charge in [0.05, 0.1) is 25.3 Å². The van der Waals surface area contributed by atoms with Gasteiger partial charge >= 0.3 is 11.9 Å². The maximum Gasteiger partial charge on any atom is 0.363 e. The van der Waals surface area contributed by atoms with Crippen LogP contribution < -0.4 is 14.2 Å². The third-order valence-corrected chi connectivity index (χ3v) is 4.51. The van der Waals surface area contributed by atoms with Crippen molar-refractivity contribution in [3.63, 3.8) is 0 Å². The lowest BCUT2D eigenvalue weighted by Crippen LogP contribution is -2.15. The van der Waals surface area contributed by atoms with Crippen molar-refractivity contribution in [1.82, 2.24) is 0 Å². The molecule has 0 bridgehead atoms. The SMILES string of the molecule is CCOC(=O)COc1c(Cl)cc(/C=C2/N=C(c3ccc(OC)cc3)OC2=O)cc1OCC. The Morgan fingerprint density at radius 3 is 2.53 bits per heavy atom. The second-order valence-corrected chi connectivity index (χ2v) is 6.83. The molecule has 0 saturated heterocycles. The number of rotatable bonds is 9. The van der Waals surface area contributed by atoms with Crippen LogP contribution in [0, 0.1) is 0 Å². The van der Waals surface area contributed by atoms with E-state index in [1.807, 2.05) is 0 Å². The Morgan fingerprint density at radius 2 is 1.88 bits per heavy atom. The van der Waals surface area contributed by atoms with E-state index in [0.29, 0.717) is 29.2 Å².